The van der Waals surface area contributed by atoms with Crippen LogP contribution in [0, 0.1) is 25.7 Å². The minimum Gasteiger partial charge on any atom is -0.361 e. The predicted molar refractivity (Wildman–Crippen MR) is 141 cm³/mol. The van der Waals surface area contributed by atoms with Gasteiger partial charge in [-0.05, 0) is 49.6 Å². The summed E-state index contributed by atoms with van der Waals surface area (Å²) in [5.41, 5.74) is 4.71. The lowest BCUT2D eigenvalue weighted by Crippen LogP contribution is -2.53. The second kappa shape index (κ2) is 7.63. The van der Waals surface area contributed by atoms with E-state index in [9.17, 15) is 14.4 Å². The van der Waals surface area contributed by atoms with E-state index in [0.29, 0.717) is 12.1 Å². The number of imide groups is 1. The van der Waals surface area contributed by atoms with Crippen LogP contribution in [0.4, 0.5) is 11.4 Å². The number of hydrogen-bond donors (Lipinski definition) is 3. The Labute approximate surface area is 213 Å². The van der Waals surface area contributed by atoms with Gasteiger partial charge in [0.15, 0.2) is 0 Å². The number of hydrogen-bond acceptors (Lipinski definition) is 4. The summed E-state index contributed by atoms with van der Waals surface area (Å²) >= 11 is 0. The van der Waals surface area contributed by atoms with E-state index < -0.39 is 23.4 Å². The number of fused-ring (bicyclic) bond motifs is 5. The van der Waals surface area contributed by atoms with Gasteiger partial charge in [0.25, 0.3) is 0 Å². The molecule has 2 saturated heterocycles. The number of aryl methyl sites for hydroxylation is 2. The van der Waals surface area contributed by atoms with Gasteiger partial charge in [-0.15, -0.1) is 0 Å². The first-order chi connectivity index (χ1) is 17.9. The molecule has 3 aliphatic heterocycles. The maximum absolute atomic E-state index is 14.1. The standard InChI is InChI=1S/C30H26N4O3/c1-16-10-12-19(13-11-16)34-27(35)24-23(14-18-15-31-22-9-4-3-7-20(18)22)33-30(25(24)28(34)36)21-8-5-6-17(2)26(21)32-29(30)37/h3-13,15,23-25,31,33H,14H2,1-2H3,(H,32,37)/t23-,24+,25-,30+/m0/s1. The molecule has 37 heavy (non-hydrogen) atoms. The van der Waals surface area contributed by atoms with Crippen LogP contribution in [-0.2, 0) is 26.3 Å². The van der Waals surface area contributed by atoms with E-state index in [1.807, 2.05) is 74.6 Å². The molecule has 3 aromatic carbocycles. The molecule has 1 aromatic heterocycles. The van der Waals surface area contributed by atoms with Crippen molar-refractivity contribution in [3.05, 3.63) is 95.2 Å². The monoisotopic (exact) mass is 490 g/mol. The second-order valence-electron chi connectivity index (χ2n) is 10.4. The topological polar surface area (TPSA) is 94.3 Å². The van der Waals surface area contributed by atoms with Crippen molar-refractivity contribution in [3.8, 4) is 0 Å². The lowest BCUT2D eigenvalue weighted by molar-refractivity contribution is -0.130. The predicted octanol–water partition coefficient (Wildman–Crippen LogP) is 3.95. The molecule has 0 radical (unpaired) electrons. The van der Waals surface area contributed by atoms with Gasteiger partial charge in [0.2, 0.25) is 17.7 Å². The summed E-state index contributed by atoms with van der Waals surface area (Å²) in [6.45, 7) is 3.90. The van der Waals surface area contributed by atoms with Gasteiger partial charge in [-0.1, -0.05) is 54.1 Å². The summed E-state index contributed by atoms with van der Waals surface area (Å²) in [4.78, 5) is 46.5. The number of aromatic amines is 1. The highest BCUT2D eigenvalue weighted by molar-refractivity contribution is 6.26. The molecule has 7 nitrogen and oxygen atoms in total. The molecule has 3 amide bonds. The molecule has 0 bridgehead atoms. The lowest BCUT2D eigenvalue weighted by atomic mass is 9.76. The Kier molecular flexibility index (Phi) is 4.54. The molecule has 4 heterocycles. The molecule has 0 aliphatic carbocycles. The molecule has 0 unspecified atom stereocenters. The fourth-order valence-electron chi connectivity index (χ4n) is 6.64. The minimum absolute atomic E-state index is 0.262. The third-order valence-corrected chi connectivity index (χ3v) is 8.37. The molecule has 3 aliphatic rings. The van der Waals surface area contributed by atoms with E-state index in [1.165, 1.54) is 4.90 Å². The number of carbonyl (C=O) groups excluding carboxylic acids is 3. The molecule has 1 spiro atoms. The molecule has 4 aromatic rings. The van der Waals surface area contributed by atoms with Crippen LogP contribution >= 0.6 is 0 Å². The number of H-pyrrole nitrogens is 1. The molecule has 3 N–H and O–H groups in total. The second-order valence-corrected chi connectivity index (χ2v) is 10.4. The van der Waals surface area contributed by atoms with Crippen LogP contribution < -0.4 is 15.5 Å². The summed E-state index contributed by atoms with van der Waals surface area (Å²) in [7, 11) is 0. The summed E-state index contributed by atoms with van der Waals surface area (Å²) in [6, 6.07) is 20.7. The first kappa shape index (κ1) is 22.0. The smallest absolute Gasteiger partial charge is 0.250 e. The number of nitrogens with one attached hydrogen (secondary N) is 3. The van der Waals surface area contributed by atoms with Crippen LogP contribution in [0.25, 0.3) is 10.9 Å². The van der Waals surface area contributed by atoms with Gasteiger partial charge < -0.3 is 10.3 Å². The molecule has 7 rings (SSSR count). The van der Waals surface area contributed by atoms with Crippen LogP contribution in [0.15, 0.2) is 72.9 Å². The van der Waals surface area contributed by atoms with Crippen LogP contribution in [0.2, 0.25) is 0 Å². The highest BCUT2D eigenvalue weighted by Crippen LogP contribution is 2.54. The number of amides is 3. The first-order valence-electron chi connectivity index (χ1n) is 12.6. The number of benzene rings is 3. The van der Waals surface area contributed by atoms with Crippen molar-refractivity contribution in [2.75, 3.05) is 10.2 Å². The first-order valence-corrected chi connectivity index (χ1v) is 12.6. The van der Waals surface area contributed by atoms with E-state index in [0.717, 1.165) is 38.8 Å². The number of nitrogens with zero attached hydrogens (tertiary/aromatic N) is 1. The average Bonchev–Trinajstić information content (AvgIpc) is 3.60. The van der Waals surface area contributed by atoms with Crippen molar-refractivity contribution in [1.29, 1.82) is 0 Å². The SMILES string of the molecule is Cc1ccc(N2C(=O)[C@@H]3[C@H](Cc4c[nH]c5ccccc45)N[C@@]4(C(=O)Nc5c(C)cccc54)[C@@H]3C2=O)cc1. The maximum atomic E-state index is 14.1. The molecule has 184 valence electrons. The van der Waals surface area contributed by atoms with E-state index >= 15 is 0 Å². The number of carbonyl (C=O) groups is 3. The summed E-state index contributed by atoms with van der Waals surface area (Å²) in [6.07, 6.45) is 2.46. The van der Waals surface area contributed by atoms with Crippen molar-refractivity contribution < 1.29 is 14.4 Å². The number of anilines is 2. The van der Waals surface area contributed by atoms with Crippen LogP contribution in [0.5, 0.6) is 0 Å². The Morgan fingerprint density at radius 3 is 2.49 bits per heavy atom. The fourth-order valence-corrected chi connectivity index (χ4v) is 6.64. The fraction of sp³-hybridized carbons (Fsp3) is 0.233. The van der Waals surface area contributed by atoms with E-state index in [2.05, 4.69) is 15.6 Å². The Hall–Kier alpha value is -4.23. The third kappa shape index (κ3) is 2.89. The van der Waals surface area contributed by atoms with E-state index in [-0.39, 0.29) is 17.7 Å². The molecule has 7 heteroatoms. The van der Waals surface area contributed by atoms with Crippen molar-refractivity contribution in [2.24, 2.45) is 11.8 Å². The average molecular weight is 491 g/mol. The van der Waals surface area contributed by atoms with Crippen molar-refractivity contribution >= 4 is 40.0 Å². The van der Waals surface area contributed by atoms with Crippen molar-refractivity contribution in [2.45, 2.75) is 31.8 Å². The third-order valence-electron chi connectivity index (χ3n) is 8.37. The highest BCUT2D eigenvalue weighted by Gasteiger charge is 2.70. The molecule has 2 fully saturated rings. The summed E-state index contributed by atoms with van der Waals surface area (Å²) in [5.74, 6) is -2.40. The Balaban J connectivity index is 1.39. The normalized spacial score (nSPS) is 26.3. The largest absolute Gasteiger partial charge is 0.361 e. The van der Waals surface area contributed by atoms with E-state index in [1.54, 1.807) is 12.1 Å². The Morgan fingerprint density at radius 2 is 1.68 bits per heavy atom. The van der Waals surface area contributed by atoms with Gasteiger partial charge in [-0.25, -0.2) is 4.90 Å². The van der Waals surface area contributed by atoms with Gasteiger partial charge in [-0.3, -0.25) is 19.7 Å². The van der Waals surface area contributed by atoms with Crippen LogP contribution in [-0.4, -0.2) is 28.7 Å². The minimum atomic E-state index is -1.31. The Bertz CT molecular complexity index is 1620. The van der Waals surface area contributed by atoms with Gasteiger partial charge >= 0.3 is 0 Å². The quantitative estimate of drug-likeness (QED) is 0.379. The van der Waals surface area contributed by atoms with Gasteiger partial charge in [0.05, 0.1) is 17.5 Å². The zero-order chi connectivity index (χ0) is 25.5. The molecule has 4 atom stereocenters. The summed E-state index contributed by atoms with van der Waals surface area (Å²) < 4.78 is 0. The van der Waals surface area contributed by atoms with Gasteiger partial charge in [0, 0.05) is 34.4 Å². The summed E-state index contributed by atoms with van der Waals surface area (Å²) in [5, 5.41) is 7.65. The molecule has 0 saturated carbocycles. The number of rotatable bonds is 3. The zero-order valence-electron chi connectivity index (χ0n) is 20.5. The van der Waals surface area contributed by atoms with Crippen molar-refractivity contribution in [3.63, 3.8) is 0 Å². The zero-order valence-corrected chi connectivity index (χ0v) is 20.5. The molecular weight excluding hydrogens is 464 g/mol. The van der Waals surface area contributed by atoms with Crippen molar-refractivity contribution in [1.82, 2.24) is 10.3 Å². The highest BCUT2D eigenvalue weighted by atomic mass is 16.2. The van der Waals surface area contributed by atoms with Gasteiger partial charge in [0.1, 0.15) is 5.54 Å². The van der Waals surface area contributed by atoms with Crippen LogP contribution in [0.3, 0.4) is 0 Å². The number of para-hydroxylation sites is 2. The van der Waals surface area contributed by atoms with Gasteiger partial charge in [-0.2, -0.15) is 0 Å². The maximum Gasteiger partial charge on any atom is 0.250 e. The van der Waals surface area contributed by atoms with E-state index in [4.69, 9.17) is 0 Å². The number of aromatic nitrogens is 1. The lowest BCUT2D eigenvalue weighted by Gasteiger charge is -2.29. The van der Waals surface area contributed by atoms with Crippen LogP contribution in [0.1, 0.15) is 22.3 Å². The Morgan fingerprint density at radius 1 is 0.892 bits per heavy atom. The molecular formula is C30H26N4O3.